The van der Waals surface area contributed by atoms with E-state index in [1.807, 2.05) is 0 Å². The number of likely N-dealkylation sites (tertiary alicyclic amines) is 1. The van der Waals surface area contributed by atoms with E-state index in [9.17, 15) is 9.59 Å². The third-order valence-corrected chi connectivity index (χ3v) is 3.50. The number of nitrogens with one attached hydrogen (secondary N) is 1. The predicted octanol–water partition coefficient (Wildman–Crippen LogP) is 0.563. The second-order valence-electron chi connectivity index (χ2n) is 4.69. The number of carbonyl (C=O) groups is 1. The molecule has 1 aromatic rings. The van der Waals surface area contributed by atoms with Gasteiger partial charge in [0, 0.05) is 26.1 Å². The first-order chi connectivity index (χ1) is 9.52. The zero-order valence-corrected chi connectivity index (χ0v) is 11.9. The van der Waals surface area contributed by atoms with Crippen molar-refractivity contribution in [2.24, 2.45) is 0 Å². The van der Waals surface area contributed by atoms with E-state index in [2.05, 4.69) is 16.3 Å². The summed E-state index contributed by atoms with van der Waals surface area (Å²) in [5.74, 6) is 2.47. The maximum atomic E-state index is 12.2. The maximum absolute atomic E-state index is 12.2. The highest BCUT2D eigenvalue weighted by atomic mass is 35.5. The summed E-state index contributed by atoms with van der Waals surface area (Å²) in [4.78, 5) is 25.3. The Kier molecular flexibility index (Phi) is 4.30. The van der Waals surface area contributed by atoms with E-state index in [1.165, 1.54) is 10.9 Å². The molecule has 0 bridgehead atoms. The third kappa shape index (κ3) is 2.94. The molecule has 7 heteroatoms. The van der Waals surface area contributed by atoms with Crippen LogP contribution in [-0.4, -0.2) is 40.2 Å². The summed E-state index contributed by atoms with van der Waals surface area (Å²) in [6.45, 7) is 0.625. The monoisotopic (exact) mass is 294 g/mol. The first-order valence-corrected chi connectivity index (χ1v) is 6.60. The van der Waals surface area contributed by atoms with Crippen LogP contribution < -0.4 is 10.9 Å². The number of hydrogen-bond acceptors (Lipinski definition) is 4. The van der Waals surface area contributed by atoms with Gasteiger partial charge >= 0.3 is 0 Å². The van der Waals surface area contributed by atoms with E-state index in [4.69, 9.17) is 18.0 Å². The highest BCUT2D eigenvalue weighted by Gasteiger charge is 2.24. The van der Waals surface area contributed by atoms with Crippen molar-refractivity contribution < 1.29 is 4.79 Å². The minimum Gasteiger partial charge on any atom is -0.375 e. The highest BCUT2D eigenvalue weighted by molar-refractivity contribution is 6.33. The Hall–Kier alpha value is -2.00. The molecule has 1 fully saturated rings. The number of amides is 1. The van der Waals surface area contributed by atoms with E-state index >= 15 is 0 Å². The van der Waals surface area contributed by atoms with E-state index in [1.54, 1.807) is 11.9 Å². The van der Waals surface area contributed by atoms with Crippen molar-refractivity contribution in [2.45, 2.75) is 25.4 Å². The average Bonchev–Trinajstić information content (AvgIpc) is 2.42. The number of halogens is 1. The van der Waals surface area contributed by atoms with E-state index in [0.29, 0.717) is 19.4 Å². The molecule has 1 atom stereocenters. The SMILES string of the molecule is C#CCn1ncc(Cl)c(NC2CCC(=O)N(C)C2)c1=O. The van der Waals surface area contributed by atoms with Crippen LogP contribution >= 0.6 is 11.6 Å². The van der Waals surface area contributed by atoms with Gasteiger partial charge in [-0.3, -0.25) is 9.59 Å². The van der Waals surface area contributed by atoms with E-state index in [-0.39, 0.29) is 34.8 Å². The van der Waals surface area contributed by atoms with Crippen molar-refractivity contribution in [2.75, 3.05) is 18.9 Å². The summed E-state index contributed by atoms with van der Waals surface area (Å²) in [6.07, 6.45) is 7.69. The van der Waals surface area contributed by atoms with Gasteiger partial charge in [-0.25, -0.2) is 4.68 Å². The zero-order chi connectivity index (χ0) is 14.7. The lowest BCUT2D eigenvalue weighted by Gasteiger charge is -2.30. The van der Waals surface area contributed by atoms with Gasteiger partial charge in [0.2, 0.25) is 5.91 Å². The molecule has 0 saturated carbocycles. The standard InChI is InChI=1S/C13H15ClN4O2/c1-3-6-18-13(20)12(10(14)7-15-18)16-9-4-5-11(19)17(2)8-9/h1,7,9,16H,4-6,8H2,2H3. The Labute approximate surface area is 121 Å². The van der Waals surface area contributed by atoms with Crippen LogP contribution in [0, 0.1) is 12.3 Å². The summed E-state index contributed by atoms with van der Waals surface area (Å²) in [5, 5.41) is 7.23. The molecule has 2 rings (SSSR count). The fraction of sp³-hybridized carbons (Fsp3) is 0.462. The molecule has 0 spiro atoms. The van der Waals surface area contributed by atoms with Crippen LogP contribution in [0.5, 0.6) is 0 Å². The zero-order valence-electron chi connectivity index (χ0n) is 11.1. The fourth-order valence-corrected chi connectivity index (χ4v) is 2.31. The molecule has 1 aliphatic heterocycles. The molecule has 1 N–H and O–H groups in total. The average molecular weight is 295 g/mol. The third-order valence-electron chi connectivity index (χ3n) is 3.21. The van der Waals surface area contributed by atoms with Crippen LogP contribution in [0.4, 0.5) is 5.69 Å². The molecule has 20 heavy (non-hydrogen) atoms. The van der Waals surface area contributed by atoms with Crippen molar-refractivity contribution in [3.05, 3.63) is 21.6 Å². The normalized spacial score (nSPS) is 18.8. The van der Waals surface area contributed by atoms with Gasteiger partial charge in [0.05, 0.1) is 11.2 Å². The molecular weight excluding hydrogens is 280 g/mol. The van der Waals surface area contributed by atoms with Crippen molar-refractivity contribution in [1.29, 1.82) is 0 Å². The molecule has 1 aliphatic rings. The highest BCUT2D eigenvalue weighted by Crippen LogP contribution is 2.19. The fourth-order valence-electron chi connectivity index (χ4n) is 2.13. The number of nitrogens with zero attached hydrogens (tertiary/aromatic N) is 3. The number of carbonyl (C=O) groups excluding carboxylic acids is 1. The van der Waals surface area contributed by atoms with Crippen LogP contribution in [0.1, 0.15) is 12.8 Å². The molecule has 1 aromatic heterocycles. The quantitative estimate of drug-likeness (QED) is 0.827. The van der Waals surface area contributed by atoms with E-state index in [0.717, 1.165) is 0 Å². The second-order valence-corrected chi connectivity index (χ2v) is 5.10. The summed E-state index contributed by atoms with van der Waals surface area (Å²) < 4.78 is 1.17. The lowest BCUT2D eigenvalue weighted by molar-refractivity contribution is -0.132. The van der Waals surface area contributed by atoms with Gasteiger partial charge in [-0.05, 0) is 6.42 Å². The van der Waals surface area contributed by atoms with Crippen LogP contribution in [0.2, 0.25) is 5.02 Å². The van der Waals surface area contributed by atoms with Crippen LogP contribution in [0.25, 0.3) is 0 Å². The lowest BCUT2D eigenvalue weighted by atomic mass is 10.1. The van der Waals surface area contributed by atoms with Crippen molar-refractivity contribution in [3.63, 3.8) is 0 Å². The Morgan fingerprint density at radius 1 is 1.60 bits per heavy atom. The number of hydrogen-bond donors (Lipinski definition) is 1. The summed E-state index contributed by atoms with van der Waals surface area (Å²) >= 11 is 6.02. The Balaban J connectivity index is 2.21. The Bertz CT molecular complexity index is 620. The number of piperidine rings is 1. The van der Waals surface area contributed by atoms with Gasteiger partial charge in [0.1, 0.15) is 12.2 Å². The smallest absolute Gasteiger partial charge is 0.292 e. The Morgan fingerprint density at radius 2 is 2.35 bits per heavy atom. The predicted molar refractivity (Wildman–Crippen MR) is 76.6 cm³/mol. The van der Waals surface area contributed by atoms with E-state index < -0.39 is 0 Å². The van der Waals surface area contributed by atoms with Crippen LogP contribution in [0.3, 0.4) is 0 Å². The van der Waals surface area contributed by atoms with Crippen molar-refractivity contribution in [1.82, 2.24) is 14.7 Å². The molecule has 6 nitrogen and oxygen atoms in total. The minimum atomic E-state index is -0.352. The van der Waals surface area contributed by atoms with Gasteiger partial charge in [0.15, 0.2) is 0 Å². The molecule has 1 saturated heterocycles. The van der Waals surface area contributed by atoms with Gasteiger partial charge in [-0.2, -0.15) is 5.10 Å². The van der Waals surface area contributed by atoms with Crippen LogP contribution in [-0.2, 0) is 11.3 Å². The van der Waals surface area contributed by atoms with Gasteiger partial charge in [-0.1, -0.05) is 17.5 Å². The summed E-state index contributed by atoms with van der Waals surface area (Å²) in [6, 6.07) is -0.00964. The molecule has 2 heterocycles. The van der Waals surface area contributed by atoms with Crippen LogP contribution in [0.15, 0.2) is 11.0 Å². The largest absolute Gasteiger partial charge is 0.375 e. The number of terminal acetylenes is 1. The lowest BCUT2D eigenvalue weighted by Crippen LogP contribution is -2.44. The van der Waals surface area contributed by atoms with Crippen molar-refractivity contribution >= 4 is 23.2 Å². The van der Waals surface area contributed by atoms with Gasteiger partial charge < -0.3 is 10.2 Å². The molecule has 106 valence electrons. The Morgan fingerprint density at radius 3 is 3.00 bits per heavy atom. The second kappa shape index (κ2) is 5.97. The maximum Gasteiger partial charge on any atom is 0.292 e. The minimum absolute atomic E-state index is 0.00964. The van der Waals surface area contributed by atoms with Crippen molar-refractivity contribution in [3.8, 4) is 12.3 Å². The molecule has 0 aliphatic carbocycles. The molecular formula is C13H15ClN4O2. The van der Waals surface area contributed by atoms with Gasteiger partial charge in [0.25, 0.3) is 5.56 Å². The first-order valence-electron chi connectivity index (χ1n) is 6.22. The first kappa shape index (κ1) is 14.4. The molecule has 0 radical (unpaired) electrons. The summed E-state index contributed by atoms with van der Waals surface area (Å²) in [5.41, 5.74) is -0.0698. The number of rotatable bonds is 3. The van der Waals surface area contributed by atoms with Gasteiger partial charge in [-0.15, -0.1) is 6.42 Å². The number of likely N-dealkylation sites (N-methyl/N-ethyl adjacent to an activating group) is 1. The molecule has 1 unspecified atom stereocenters. The topological polar surface area (TPSA) is 67.2 Å². The number of aromatic nitrogens is 2. The molecule has 1 amide bonds. The molecule has 0 aromatic carbocycles. The summed E-state index contributed by atoms with van der Waals surface area (Å²) in [7, 11) is 1.74. The number of anilines is 1.